The summed E-state index contributed by atoms with van der Waals surface area (Å²) >= 11 is 7.06. The van der Waals surface area contributed by atoms with Crippen molar-refractivity contribution in [3.63, 3.8) is 0 Å². The molecule has 0 aliphatic rings. The Kier molecular flexibility index (Phi) is 24.6. The fourth-order valence-electron chi connectivity index (χ4n) is 2.64. The first-order valence-electron chi connectivity index (χ1n) is 9.93. The molecule has 0 amide bonds. The van der Waals surface area contributed by atoms with Crippen LogP contribution in [-0.2, 0) is 12.8 Å². The molecule has 0 bridgehead atoms. The van der Waals surface area contributed by atoms with E-state index in [0.717, 1.165) is 12.9 Å². The zero-order valence-electron chi connectivity index (χ0n) is 18.4. The van der Waals surface area contributed by atoms with E-state index in [4.69, 9.17) is 9.84 Å². The van der Waals surface area contributed by atoms with Crippen LogP contribution in [-0.4, -0.2) is 14.2 Å². The number of ether oxygens (including phenoxy) is 1. The summed E-state index contributed by atoms with van der Waals surface area (Å²) in [6, 6.07) is 0. The van der Waals surface area contributed by atoms with Gasteiger partial charge in [-0.2, -0.15) is 18.4 Å². The van der Waals surface area contributed by atoms with Gasteiger partial charge in [0, 0.05) is 20.8 Å². The summed E-state index contributed by atoms with van der Waals surface area (Å²) in [7, 11) is 2.50. The molecule has 28 heavy (non-hydrogen) atoms. The third-order valence-corrected chi connectivity index (χ3v) is 6.81. The molecule has 0 spiro atoms. The van der Waals surface area contributed by atoms with Gasteiger partial charge in [0.2, 0.25) is 0 Å². The predicted molar refractivity (Wildman–Crippen MR) is 125 cm³/mol. The molecule has 0 saturated carbocycles. The summed E-state index contributed by atoms with van der Waals surface area (Å²) < 4.78 is 6.55. The maximum atomic E-state index is 8.25. The zero-order valence-corrected chi connectivity index (χ0v) is 23.6. The van der Waals surface area contributed by atoms with Crippen molar-refractivity contribution in [3.8, 4) is 5.75 Å². The fraction of sp³-hybridized carbons (Fsp3) is 0.636. The van der Waals surface area contributed by atoms with Gasteiger partial charge in [-0.1, -0.05) is 52.4 Å². The second kappa shape index (κ2) is 22.3. The number of rotatable bonds is 11. The number of thiophene rings is 2. The average molecular weight is 500 g/mol. The largest absolute Gasteiger partial charge is 1.00 e. The summed E-state index contributed by atoms with van der Waals surface area (Å²) in [5, 5.41) is 16.9. The Hall–Kier alpha value is 0.640. The molecule has 0 saturated heterocycles. The van der Waals surface area contributed by atoms with Crippen LogP contribution in [0.1, 0.15) is 76.3 Å². The molecular formula is C22H36BrNaO2S2. The van der Waals surface area contributed by atoms with Gasteiger partial charge in [-0.3, -0.25) is 0 Å². The Morgan fingerprint density at radius 3 is 1.75 bits per heavy atom. The topological polar surface area (TPSA) is 32.3 Å². The fourth-order valence-corrected chi connectivity index (χ4v) is 5.02. The van der Waals surface area contributed by atoms with Crippen molar-refractivity contribution in [1.29, 1.82) is 0 Å². The van der Waals surface area contributed by atoms with E-state index in [1.165, 1.54) is 79.8 Å². The van der Waals surface area contributed by atoms with Crippen LogP contribution < -0.4 is 39.4 Å². The van der Waals surface area contributed by atoms with Crippen LogP contribution >= 0.6 is 38.6 Å². The molecule has 2 rings (SSSR count). The van der Waals surface area contributed by atoms with Gasteiger partial charge < -0.3 is 9.84 Å². The first-order valence-corrected chi connectivity index (χ1v) is 12.6. The van der Waals surface area contributed by atoms with Crippen molar-refractivity contribution in [2.75, 3.05) is 14.2 Å². The van der Waals surface area contributed by atoms with Crippen LogP contribution in [0.5, 0.6) is 5.75 Å². The van der Waals surface area contributed by atoms with Gasteiger partial charge in [-0.05, 0) is 57.9 Å². The van der Waals surface area contributed by atoms with Crippen LogP contribution in [0.25, 0.3) is 0 Å². The summed E-state index contributed by atoms with van der Waals surface area (Å²) in [6.45, 7) is 4.49. The van der Waals surface area contributed by atoms with Crippen molar-refractivity contribution in [2.45, 2.75) is 78.1 Å². The van der Waals surface area contributed by atoms with Crippen molar-refractivity contribution in [3.05, 3.63) is 37.1 Å². The molecular weight excluding hydrogens is 463 g/mol. The van der Waals surface area contributed by atoms with Crippen LogP contribution in [0.4, 0.5) is 0 Å². The van der Waals surface area contributed by atoms with E-state index in [9.17, 15) is 0 Å². The van der Waals surface area contributed by atoms with Crippen LogP contribution in [0.3, 0.4) is 0 Å². The first kappa shape index (κ1) is 30.8. The van der Waals surface area contributed by atoms with Crippen LogP contribution in [0.15, 0.2) is 26.0 Å². The van der Waals surface area contributed by atoms with Crippen molar-refractivity contribution in [1.82, 2.24) is 0 Å². The van der Waals surface area contributed by atoms with Gasteiger partial charge in [0.05, 0.1) is 7.11 Å². The average Bonchev–Trinajstić information content (AvgIpc) is 3.33. The van der Waals surface area contributed by atoms with Gasteiger partial charge >= 0.3 is 29.6 Å². The number of hydrogen-bond donors (Lipinski definition) is 0. The molecule has 0 unspecified atom stereocenters. The van der Waals surface area contributed by atoms with Crippen molar-refractivity contribution < 1.29 is 39.4 Å². The number of aryl methyl sites for hydroxylation is 2. The van der Waals surface area contributed by atoms with E-state index in [-0.39, 0.29) is 29.6 Å². The van der Waals surface area contributed by atoms with E-state index in [1.807, 2.05) is 0 Å². The van der Waals surface area contributed by atoms with Gasteiger partial charge in [0.25, 0.3) is 0 Å². The Bertz CT molecular complexity index is 558. The smallest absolute Gasteiger partial charge is 0.857 e. The molecule has 2 aromatic heterocycles. The van der Waals surface area contributed by atoms with Gasteiger partial charge in [0.1, 0.15) is 5.75 Å². The molecule has 2 aromatic rings. The normalized spacial score (nSPS) is 9.50. The van der Waals surface area contributed by atoms with Gasteiger partial charge in [-0.15, -0.1) is 11.3 Å². The van der Waals surface area contributed by atoms with Crippen molar-refractivity contribution >= 4 is 38.6 Å². The summed E-state index contributed by atoms with van der Waals surface area (Å²) in [5.41, 5.74) is 2.86. The molecule has 6 heteroatoms. The van der Waals surface area contributed by atoms with Crippen LogP contribution in [0, 0.1) is 0 Å². The second-order valence-electron chi connectivity index (χ2n) is 6.33. The standard InChI is InChI=1S/C11H18OS.C10H15BrS.CH3O.Na/c1-3-4-5-6-7-10-8-13-9-11(10)12-2;1-2-3-4-5-6-9-7-12-8-10(9)11;1-2;/h8-9H,3-7H2,1-2H3;7-8H,2-6H2,1H3;1H3;/q;;-1;+1. The minimum absolute atomic E-state index is 0. The summed E-state index contributed by atoms with van der Waals surface area (Å²) in [4.78, 5) is 0. The van der Waals surface area contributed by atoms with E-state index >= 15 is 0 Å². The molecule has 0 atom stereocenters. The number of unbranched alkanes of at least 4 members (excludes halogenated alkanes) is 6. The third kappa shape index (κ3) is 14.6. The Balaban J connectivity index is 0. The van der Waals surface area contributed by atoms with Crippen molar-refractivity contribution in [2.24, 2.45) is 0 Å². The Morgan fingerprint density at radius 2 is 1.29 bits per heavy atom. The van der Waals surface area contributed by atoms with E-state index in [1.54, 1.807) is 29.8 Å². The summed E-state index contributed by atoms with van der Waals surface area (Å²) in [6.07, 6.45) is 13.1. The first-order chi connectivity index (χ1) is 13.2. The van der Waals surface area contributed by atoms with E-state index in [2.05, 4.69) is 51.3 Å². The molecule has 0 N–H and O–H groups in total. The van der Waals surface area contributed by atoms with Crippen LogP contribution in [0.2, 0.25) is 0 Å². The zero-order chi connectivity index (χ0) is 20.3. The van der Waals surface area contributed by atoms with E-state index < -0.39 is 0 Å². The molecule has 0 aliphatic heterocycles. The van der Waals surface area contributed by atoms with E-state index in [0.29, 0.717) is 0 Å². The molecule has 0 fully saturated rings. The Labute approximate surface area is 211 Å². The molecule has 156 valence electrons. The minimum Gasteiger partial charge on any atom is -0.857 e. The maximum absolute atomic E-state index is 8.25. The van der Waals surface area contributed by atoms with Gasteiger partial charge in [-0.25, -0.2) is 0 Å². The van der Waals surface area contributed by atoms with Gasteiger partial charge in [0.15, 0.2) is 0 Å². The molecule has 2 nitrogen and oxygen atoms in total. The molecule has 0 aromatic carbocycles. The quantitative estimate of drug-likeness (QED) is 0.337. The SMILES string of the molecule is CCCCCCc1cscc1Br.CCCCCCc1cscc1OC.C[O-].[Na+]. The predicted octanol–water partition coefficient (Wildman–Crippen LogP) is 4.49. The number of halogens is 1. The third-order valence-electron chi connectivity index (χ3n) is 4.21. The number of methoxy groups -OCH3 is 1. The Morgan fingerprint density at radius 1 is 0.786 bits per heavy atom. The minimum atomic E-state index is 0. The molecule has 0 aliphatic carbocycles. The molecule has 2 heterocycles. The second-order valence-corrected chi connectivity index (χ2v) is 8.67. The number of hydrogen-bond acceptors (Lipinski definition) is 4. The monoisotopic (exact) mass is 498 g/mol. The molecule has 0 radical (unpaired) electrons. The maximum Gasteiger partial charge on any atom is 1.00 e. The summed E-state index contributed by atoms with van der Waals surface area (Å²) in [5.74, 6) is 1.07.